The number of ketones is 1. The van der Waals surface area contributed by atoms with E-state index < -0.39 is 17.7 Å². The predicted molar refractivity (Wildman–Crippen MR) is 87.7 cm³/mol. The van der Waals surface area contributed by atoms with Gasteiger partial charge in [-0.05, 0) is 12.5 Å². The SMILES string of the molecule is Cc1ccc(C(O)=C2C(=O)C(=O)N(C)C2c2ccccc2)cc1. The molecule has 0 radical (unpaired) electrons. The van der Waals surface area contributed by atoms with Crippen molar-refractivity contribution in [3.05, 3.63) is 76.9 Å². The van der Waals surface area contributed by atoms with Gasteiger partial charge in [0, 0.05) is 12.6 Å². The molecule has 0 aromatic heterocycles. The van der Waals surface area contributed by atoms with Crippen LogP contribution in [0.2, 0.25) is 0 Å². The molecule has 0 aliphatic carbocycles. The van der Waals surface area contributed by atoms with Gasteiger partial charge in [-0.25, -0.2) is 0 Å². The molecular weight excluding hydrogens is 290 g/mol. The number of carbonyl (C=O) groups is 2. The van der Waals surface area contributed by atoms with Gasteiger partial charge in [0.25, 0.3) is 11.7 Å². The van der Waals surface area contributed by atoms with Gasteiger partial charge < -0.3 is 10.0 Å². The minimum absolute atomic E-state index is 0.132. The van der Waals surface area contributed by atoms with E-state index in [0.29, 0.717) is 5.56 Å². The lowest BCUT2D eigenvalue weighted by Gasteiger charge is -2.20. The molecule has 116 valence electrons. The maximum Gasteiger partial charge on any atom is 0.295 e. The summed E-state index contributed by atoms with van der Waals surface area (Å²) >= 11 is 0. The standard InChI is InChI=1S/C19H17NO3/c1-12-8-10-14(11-9-12)17(21)15-16(13-6-4-3-5-7-13)20(2)19(23)18(15)22/h3-11,16,21H,1-2H3. The number of aliphatic hydroxyl groups is 1. The number of nitrogens with zero attached hydrogens (tertiary/aromatic N) is 1. The van der Waals surface area contributed by atoms with Crippen LogP contribution in [0.4, 0.5) is 0 Å². The van der Waals surface area contributed by atoms with Crippen molar-refractivity contribution in [2.24, 2.45) is 0 Å². The van der Waals surface area contributed by atoms with Crippen molar-refractivity contribution in [2.45, 2.75) is 13.0 Å². The summed E-state index contributed by atoms with van der Waals surface area (Å²) in [6.07, 6.45) is 0. The number of carbonyl (C=O) groups excluding carboxylic acids is 2. The van der Waals surface area contributed by atoms with E-state index in [1.54, 1.807) is 19.2 Å². The highest BCUT2D eigenvalue weighted by Gasteiger charge is 2.44. The van der Waals surface area contributed by atoms with Crippen molar-refractivity contribution in [2.75, 3.05) is 7.05 Å². The highest BCUT2D eigenvalue weighted by atomic mass is 16.3. The fourth-order valence-corrected chi connectivity index (χ4v) is 2.84. The van der Waals surface area contributed by atoms with Crippen molar-refractivity contribution < 1.29 is 14.7 Å². The van der Waals surface area contributed by atoms with Gasteiger partial charge in [-0.1, -0.05) is 60.2 Å². The summed E-state index contributed by atoms with van der Waals surface area (Å²) in [6, 6.07) is 15.9. The molecule has 1 aliphatic heterocycles. The number of aryl methyl sites for hydroxylation is 1. The number of rotatable bonds is 2. The Morgan fingerprint density at radius 2 is 1.61 bits per heavy atom. The van der Waals surface area contributed by atoms with Gasteiger partial charge in [0.05, 0.1) is 11.6 Å². The number of benzene rings is 2. The zero-order valence-corrected chi connectivity index (χ0v) is 13.0. The lowest BCUT2D eigenvalue weighted by molar-refractivity contribution is -0.139. The fourth-order valence-electron chi connectivity index (χ4n) is 2.84. The molecule has 1 amide bonds. The van der Waals surface area contributed by atoms with Crippen LogP contribution in [0.3, 0.4) is 0 Å². The lowest BCUT2D eigenvalue weighted by Crippen LogP contribution is -2.24. The summed E-state index contributed by atoms with van der Waals surface area (Å²) in [5.41, 5.74) is 2.51. The molecule has 1 atom stereocenters. The molecule has 23 heavy (non-hydrogen) atoms. The molecule has 1 fully saturated rings. The van der Waals surface area contributed by atoms with Gasteiger partial charge in [0.15, 0.2) is 0 Å². The molecule has 0 bridgehead atoms. The van der Waals surface area contributed by atoms with Crippen LogP contribution < -0.4 is 0 Å². The van der Waals surface area contributed by atoms with Crippen molar-refractivity contribution in [1.82, 2.24) is 4.90 Å². The Morgan fingerprint density at radius 1 is 1.00 bits per heavy atom. The topological polar surface area (TPSA) is 57.6 Å². The van der Waals surface area contributed by atoms with Gasteiger partial charge in [0.2, 0.25) is 0 Å². The van der Waals surface area contributed by atoms with E-state index in [4.69, 9.17) is 0 Å². The van der Waals surface area contributed by atoms with Crippen LogP contribution in [0.5, 0.6) is 0 Å². The van der Waals surface area contributed by atoms with Gasteiger partial charge in [0.1, 0.15) is 5.76 Å². The summed E-state index contributed by atoms with van der Waals surface area (Å²) in [7, 11) is 1.58. The number of hydrogen-bond acceptors (Lipinski definition) is 3. The summed E-state index contributed by atoms with van der Waals surface area (Å²) in [6.45, 7) is 1.94. The maximum atomic E-state index is 12.4. The first-order chi connectivity index (χ1) is 11.0. The van der Waals surface area contributed by atoms with Crippen LogP contribution in [0.25, 0.3) is 5.76 Å². The zero-order valence-electron chi connectivity index (χ0n) is 13.0. The number of amides is 1. The quantitative estimate of drug-likeness (QED) is 0.527. The second-order valence-electron chi connectivity index (χ2n) is 5.69. The minimum Gasteiger partial charge on any atom is -0.507 e. The monoisotopic (exact) mass is 307 g/mol. The van der Waals surface area contributed by atoms with Crippen LogP contribution in [0.1, 0.15) is 22.7 Å². The normalized spacial score (nSPS) is 20.1. The van der Waals surface area contributed by atoms with Crippen LogP contribution >= 0.6 is 0 Å². The highest BCUT2D eigenvalue weighted by Crippen LogP contribution is 2.38. The number of Topliss-reactive ketones (excluding diaryl/α,β-unsaturated/α-hetero) is 1. The van der Waals surface area contributed by atoms with Crippen molar-refractivity contribution in [1.29, 1.82) is 0 Å². The average molecular weight is 307 g/mol. The molecule has 4 heteroatoms. The van der Waals surface area contributed by atoms with Crippen LogP contribution in [0, 0.1) is 6.92 Å². The smallest absolute Gasteiger partial charge is 0.295 e. The molecule has 1 aliphatic rings. The Kier molecular flexibility index (Phi) is 3.74. The first-order valence-corrected chi connectivity index (χ1v) is 7.37. The molecule has 4 nitrogen and oxygen atoms in total. The van der Waals surface area contributed by atoms with Crippen molar-refractivity contribution in [3.8, 4) is 0 Å². The van der Waals surface area contributed by atoms with E-state index in [2.05, 4.69) is 0 Å². The fraction of sp³-hybridized carbons (Fsp3) is 0.158. The molecular formula is C19H17NO3. The third-order valence-corrected chi connectivity index (χ3v) is 4.12. The molecule has 0 spiro atoms. The molecule has 1 heterocycles. The highest BCUT2D eigenvalue weighted by molar-refractivity contribution is 6.46. The molecule has 1 N–H and O–H groups in total. The van der Waals surface area contributed by atoms with Gasteiger partial charge >= 0.3 is 0 Å². The largest absolute Gasteiger partial charge is 0.507 e. The molecule has 0 saturated carbocycles. The zero-order chi connectivity index (χ0) is 16.6. The average Bonchev–Trinajstić information content (AvgIpc) is 2.80. The second-order valence-corrected chi connectivity index (χ2v) is 5.69. The number of hydrogen-bond donors (Lipinski definition) is 1. The molecule has 2 aromatic rings. The van der Waals surface area contributed by atoms with E-state index >= 15 is 0 Å². The third-order valence-electron chi connectivity index (χ3n) is 4.12. The van der Waals surface area contributed by atoms with Crippen LogP contribution in [0.15, 0.2) is 60.2 Å². The van der Waals surface area contributed by atoms with Crippen molar-refractivity contribution in [3.63, 3.8) is 0 Å². The van der Waals surface area contributed by atoms with Crippen molar-refractivity contribution >= 4 is 17.4 Å². The van der Waals surface area contributed by atoms with Crippen LogP contribution in [-0.2, 0) is 9.59 Å². The summed E-state index contributed by atoms with van der Waals surface area (Å²) < 4.78 is 0. The Labute approximate surface area is 134 Å². The molecule has 1 unspecified atom stereocenters. The Bertz CT molecular complexity index is 791. The van der Waals surface area contributed by atoms with Gasteiger partial charge in [-0.3, -0.25) is 9.59 Å². The number of likely N-dealkylation sites (N-methyl/N-ethyl adjacent to an activating group) is 1. The third kappa shape index (κ3) is 2.52. The Hall–Kier alpha value is -2.88. The van der Waals surface area contributed by atoms with E-state index in [0.717, 1.165) is 11.1 Å². The summed E-state index contributed by atoms with van der Waals surface area (Å²) in [4.78, 5) is 25.9. The number of aliphatic hydroxyl groups excluding tert-OH is 1. The Morgan fingerprint density at radius 3 is 2.22 bits per heavy atom. The predicted octanol–water partition coefficient (Wildman–Crippen LogP) is 3.05. The lowest BCUT2D eigenvalue weighted by atomic mass is 9.95. The minimum atomic E-state index is -0.653. The van der Waals surface area contributed by atoms with E-state index in [1.165, 1.54) is 4.90 Å². The van der Waals surface area contributed by atoms with E-state index in [9.17, 15) is 14.7 Å². The van der Waals surface area contributed by atoms with Gasteiger partial charge in [-0.2, -0.15) is 0 Å². The Balaban J connectivity index is 2.17. The first kappa shape index (κ1) is 15.0. The first-order valence-electron chi connectivity index (χ1n) is 7.37. The summed E-state index contributed by atoms with van der Waals surface area (Å²) in [5.74, 6) is -1.39. The number of likely N-dealkylation sites (tertiary alicyclic amines) is 1. The molecule has 2 aromatic carbocycles. The summed E-state index contributed by atoms with van der Waals surface area (Å²) in [5, 5.41) is 10.6. The van der Waals surface area contributed by atoms with Gasteiger partial charge in [-0.15, -0.1) is 0 Å². The van der Waals surface area contributed by atoms with E-state index in [-0.39, 0.29) is 11.3 Å². The molecule has 3 rings (SSSR count). The second kappa shape index (κ2) is 5.72. The van der Waals surface area contributed by atoms with Crippen LogP contribution in [-0.4, -0.2) is 28.7 Å². The van der Waals surface area contributed by atoms with E-state index in [1.807, 2.05) is 49.4 Å². The molecule has 1 saturated heterocycles. The maximum absolute atomic E-state index is 12.4.